The minimum Gasteiger partial charge on any atom is -0.540 e. The van der Waals surface area contributed by atoms with Gasteiger partial charge in [0, 0.05) is 6.54 Å². The number of rotatable bonds is 5. The number of nitrogens with zero attached hydrogens (tertiary/aromatic N) is 1. The predicted octanol–water partition coefficient (Wildman–Crippen LogP) is -1.86. The number of likely N-dealkylation sites (tertiary alicyclic amines) is 1. The Kier molecular flexibility index (Phi) is 9.27. The molecule has 8 heteroatoms. The average Bonchev–Trinajstić information content (AvgIpc) is 2.55. The Hall–Kier alpha value is -0.196. The van der Waals surface area contributed by atoms with Crippen LogP contribution in [0.4, 0.5) is 4.39 Å². The molecule has 21 heavy (non-hydrogen) atoms. The third-order valence-corrected chi connectivity index (χ3v) is 8.63. The number of hydrogen-bond donors (Lipinski definition) is 0. The fourth-order valence-corrected chi connectivity index (χ4v) is 2.79. The first kappa shape index (κ1) is 23.1. The summed E-state index contributed by atoms with van der Waals surface area (Å²) in [6.07, 6.45) is 0.0726. The van der Waals surface area contributed by atoms with E-state index in [1.54, 1.807) is 6.29 Å². The molecule has 1 rings (SSSR count). The summed E-state index contributed by atoms with van der Waals surface area (Å²) in [6, 6.07) is -0.759. The van der Waals surface area contributed by atoms with E-state index < -0.39 is 26.4 Å². The molecule has 3 N–H and O–H groups in total. The summed E-state index contributed by atoms with van der Waals surface area (Å²) in [5.41, 5.74) is 0. The second-order valence-electron chi connectivity index (χ2n) is 6.48. The first-order valence-corrected chi connectivity index (χ1v) is 9.47. The van der Waals surface area contributed by atoms with E-state index in [0.717, 1.165) is 0 Å². The smallest absolute Gasteiger partial charge is 0.540 e. The van der Waals surface area contributed by atoms with Crippen molar-refractivity contribution in [1.29, 1.82) is 0 Å². The summed E-state index contributed by atoms with van der Waals surface area (Å²) in [5.74, 6) is -0.618. The molecule has 0 aromatic carbocycles. The summed E-state index contributed by atoms with van der Waals surface area (Å²) >= 11 is 0. The van der Waals surface area contributed by atoms with Gasteiger partial charge in [-0.15, -0.1) is 0 Å². The number of amides is 1. The Morgan fingerprint density at radius 3 is 2.38 bits per heavy atom. The van der Waals surface area contributed by atoms with E-state index in [9.17, 15) is 14.0 Å². The molecule has 0 spiro atoms. The SMILES string of the molecule is CC(C)(C)[Si](C)(C)OCCN1C(=O)[C@H](F)C[C@H]1[C-]=O.[Li+].[OH3+]. The van der Waals surface area contributed by atoms with Crippen molar-refractivity contribution >= 4 is 20.5 Å². The molecule has 5 nitrogen and oxygen atoms in total. The Morgan fingerprint density at radius 1 is 1.43 bits per heavy atom. The topological polar surface area (TPSA) is 79.6 Å². The Labute approximate surface area is 139 Å². The van der Waals surface area contributed by atoms with Crippen LogP contribution in [0.15, 0.2) is 0 Å². The van der Waals surface area contributed by atoms with E-state index in [-0.39, 0.29) is 42.3 Å². The molecule has 1 fully saturated rings. The van der Waals surface area contributed by atoms with E-state index in [0.29, 0.717) is 6.61 Å². The Balaban J connectivity index is 0. The molecule has 0 bridgehead atoms. The van der Waals surface area contributed by atoms with Gasteiger partial charge in [-0.05, 0) is 24.6 Å². The van der Waals surface area contributed by atoms with E-state index in [1.165, 1.54) is 4.90 Å². The molecule has 2 atom stereocenters. The van der Waals surface area contributed by atoms with Crippen LogP contribution in [0, 0.1) is 0 Å². The largest absolute Gasteiger partial charge is 1.00 e. The van der Waals surface area contributed by atoms with Crippen LogP contribution in [0.3, 0.4) is 0 Å². The third kappa shape index (κ3) is 5.49. The van der Waals surface area contributed by atoms with E-state index in [2.05, 4.69) is 33.9 Å². The van der Waals surface area contributed by atoms with Gasteiger partial charge in [-0.1, -0.05) is 26.8 Å². The molecule has 1 amide bonds. The van der Waals surface area contributed by atoms with Crippen LogP contribution in [-0.4, -0.2) is 50.8 Å². The van der Waals surface area contributed by atoms with Crippen molar-refractivity contribution in [3.8, 4) is 0 Å². The van der Waals surface area contributed by atoms with Crippen LogP contribution in [0.25, 0.3) is 0 Å². The number of hydrogen-bond acceptors (Lipinski definition) is 3. The van der Waals surface area contributed by atoms with Crippen LogP contribution in [0.5, 0.6) is 0 Å². The first-order valence-electron chi connectivity index (χ1n) is 6.56. The van der Waals surface area contributed by atoms with E-state index in [1.807, 2.05) is 0 Å². The van der Waals surface area contributed by atoms with Crippen LogP contribution < -0.4 is 18.9 Å². The molecule has 0 aliphatic carbocycles. The fourth-order valence-electron chi connectivity index (χ4n) is 1.75. The van der Waals surface area contributed by atoms with Gasteiger partial charge in [0.15, 0.2) is 14.5 Å². The van der Waals surface area contributed by atoms with Gasteiger partial charge in [0.25, 0.3) is 5.91 Å². The molecule has 1 aliphatic heterocycles. The molecular weight excluding hydrogens is 288 g/mol. The number of halogens is 1. The van der Waals surface area contributed by atoms with Gasteiger partial charge in [-0.25, -0.2) is 10.7 Å². The minimum absolute atomic E-state index is 0. The van der Waals surface area contributed by atoms with Crippen LogP contribution in [0.1, 0.15) is 27.2 Å². The average molecular weight is 314 g/mol. The van der Waals surface area contributed by atoms with Crippen LogP contribution in [-0.2, 0) is 19.5 Å². The Morgan fingerprint density at radius 2 is 1.95 bits per heavy atom. The van der Waals surface area contributed by atoms with Gasteiger partial charge in [0.2, 0.25) is 0 Å². The normalized spacial score (nSPS) is 22.6. The van der Waals surface area contributed by atoms with E-state index in [4.69, 9.17) is 4.43 Å². The maximum Gasteiger partial charge on any atom is 1.00 e. The van der Waals surface area contributed by atoms with Gasteiger partial charge in [0.1, 0.15) is 0 Å². The van der Waals surface area contributed by atoms with Gasteiger partial charge in [-0.2, -0.15) is 0 Å². The van der Waals surface area contributed by atoms with Crippen molar-refractivity contribution in [2.24, 2.45) is 0 Å². The molecule has 1 aliphatic rings. The van der Waals surface area contributed by atoms with Crippen molar-refractivity contribution in [2.75, 3.05) is 13.2 Å². The van der Waals surface area contributed by atoms with Crippen molar-refractivity contribution in [1.82, 2.24) is 4.90 Å². The molecule has 118 valence electrons. The van der Waals surface area contributed by atoms with Crippen molar-refractivity contribution in [3.05, 3.63) is 0 Å². The second kappa shape index (κ2) is 8.44. The zero-order chi connectivity index (χ0) is 14.8. The number of alkyl halides is 1. The van der Waals surface area contributed by atoms with Crippen molar-refractivity contribution in [2.45, 2.75) is 57.5 Å². The minimum atomic E-state index is -1.88. The number of carbonyl (C=O) groups excluding carboxylic acids is 2. The van der Waals surface area contributed by atoms with Gasteiger partial charge in [-0.3, -0.25) is 4.79 Å². The maximum absolute atomic E-state index is 13.3. The standard InChI is InChI=1S/C13H23FNO3Si.Li.H2O/c1-13(2,3)19(4,5)18-7-6-15-10(9-16)8-11(14)12(15)17;;/h10-11H,6-8H2,1-5H3;;1H2/q-1;+1;/p+1/t10-,11+;;/m0../s1. The van der Waals surface area contributed by atoms with Crippen LogP contribution >= 0.6 is 0 Å². The number of carbonyl (C=O) groups is 1. The Bertz CT molecular complexity index is 363. The molecule has 0 unspecified atom stereocenters. The fraction of sp³-hybridized carbons (Fsp3) is 0.846. The molecule has 0 aromatic heterocycles. The van der Waals surface area contributed by atoms with Crippen LogP contribution in [0.2, 0.25) is 18.1 Å². The molecule has 1 saturated heterocycles. The zero-order valence-electron chi connectivity index (χ0n) is 13.9. The maximum atomic E-state index is 13.3. The molecular formula is C13H26FLiNO4Si+. The third-order valence-electron chi connectivity index (χ3n) is 4.09. The second-order valence-corrected chi connectivity index (χ2v) is 11.3. The van der Waals surface area contributed by atoms with Gasteiger partial charge < -0.3 is 19.6 Å². The molecule has 0 saturated carbocycles. The zero-order valence-corrected chi connectivity index (χ0v) is 14.9. The molecule has 1 heterocycles. The van der Waals surface area contributed by atoms with Gasteiger partial charge >= 0.3 is 18.9 Å². The van der Waals surface area contributed by atoms with Crippen molar-refractivity contribution in [3.63, 3.8) is 0 Å². The monoisotopic (exact) mass is 314 g/mol. The molecule has 0 aromatic rings. The first-order chi connectivity index (χ1) is 8.60. The summed E-state index contributed by atoms with van der Waals surface area (Å²) in [6.45, 7) is 11.2. The predicted molar refractivity (Wildman–Crippen MR) is 78.7 cm³/mol. The summed E-state index contributed by atoms with van der Waals surface area (Å²) in [4.78, 5) is 23.5. The molecule has 0 radical (unpaired) electrons. The summed E-state index contributed by atoms with van der Waals surface area (Å²) in [5, 5.41) is 0.0842. The summed E-state index contributed by atoms with van der Waals surface area (Å²) in [7, 11) is -1.88. The van der Waals surface area contributed by atoms with Gasteiger partial charge in [0.05, 0.1) is 6.61 Å². The summed E-state index contributed by atoms with van der Waals surface area (Å²) < 4.78 is 19.2. The van der Waals surface area contributed by atoms with Crippen molar-refractivity contribution < 1.29 is 42.7 Å². The van der Waals surface area contributed by atoms with E-state index >= 15 is 0 Å². The quantitative estimate of drug-likeness (QED) is 0.339.